The minimum Gasteiger partial charge on any atom is -0.461 e. The Morgan fingerprint density at radius 3 is 2.22 bits per heavy atom. The van der Waals surface area contributed by atoms with E-state index in [-0.39, 0.29) is 19.1 Å². The van der Waals surface area contributed by atoms with Gasteiger partial charge in [-0.1, -0.05) is 0 Å². The molecule has 0 aromatic carbocycles. The SMILES string of the molecule is CC(C)OC(=O)[C@H](CCO)NC(=O)OC(C)(C)C. The van der Waals surface area contributed by atoms with Gasteiger partial charge < -0.3 is 19.9 Å². The molecule has 0 aromatic heterocycles. The highest BCUT2D eigenvalue weighted by molar-refractivity contribution is 5.81. The maximum atomic E-state index is 11.6. The molecule has 0 saturated heterocycles. The molecule has 0 saturated carbocycles. The first kappa shape index (κ1) is 16.7. The largest absolute Gasteiger partial charge is 0.461 e. The number of hydrogen-bond donors (Lipinski definition) is 2. The van der Waals surface area contributed by atoms with Gasteiger partial charge in [-0.3, -0.25) is 0 Å². The standard InChI is InChI=1S/C12H23NO5/c1-8(2)17-10(15)9(6-7-14)13-11(16)18-12(3,4)5/h8-9,14H,6-7H2,1-5H3,(H,13,16)/t9-/m0/s1. The Kier molecular flexibility index (Phi) is 6.68. The minimum absolute atomic E-state index is 0.0881. The molecule has 6 nitrogen and oxygen atoms in total. The van der Waals surface area contributed by atoms with Gasteiger partial charge in [0.1, 0.15) is 11.6 Å². The number of alkyl carbamates (subject to hydrolysis) is 1. The summed E-state index contributed by atoms with van der Waals surface area (Å²) in [6, 6.07) is -0.896. The van der Waals surface area contributed by atoms with Crippen molar-refractivity contribution in [2.75, 3.05) is 6.61 Å². The van der Waals surface area contributed by atoms with Crippen LogP contribution in [0, 0.1) is 0 Å². The van der Waals surface area contributed by atoms with E-state index in [9.17, 15) is 9.59 Å². The number of rotatable bonds is 5. The van der Waals surface area contributed by atoms with Crippen LogP contribution in [0.4, 0.5) is 4.79 Å². The van der Waals surface area contributed by atoms with Crippen LogP contribution in [0.5, 0.6) is 0 Å². The molecule has 2 N–H and O–H groups in total. The molecule has 0 heterocycles. The fraction of sp³-hybridized carbons (Fsp3) is 0.833. The Balaban J connectivity index is 4.43. The third-order valence-corrected chi connectivity index (χ3v) is 1.75. The van der Waals surface area contributed by atoms with Gasteiger partial charge in [0, 0.05) is 13.0 Å². The fourth-order valence-electron chi connectivity index (χ4n) is 1.14. The van der Waals surface area contributed by atoms with Crippen molar-refractivity contribution in [3.8, 4) is 0 Å². The van der Waals surface area contributed by atoms with Crippen molar-refractivity contribution >= 4 is 12.1 Å². The van der Waals surface area contributed by atoms with Crippen LogP contribution < -0.4 is 5.32 Å². The quantitative estimate of drug-likeness (QED) is 0.727. The van der Waals surface area contributed by atoms with E-state index in [0.29, 0.717) is 0 Å². The van der Waals surface area contributed by atoms with Gasteiger partial charge >= 0.3 is 12.1 Å². The first-order valence-electron chi connectivity index (χ1n) is 5.96. The molecule has 0 aliphatic heterocycles. The Bertz CT molecular complexity index is 283. The van der Waals surface area contributed by atoms with Gasteiger partial charge in [0.05, 0.1) is 6.10 Å². The van der Waals surface area contributed by atoms with Gasteiger partial charge in [0.25, 0.3) is 0 Å². The second-order valence-electron chi connectivity index (χ2n) is 5.20. The summed E-state index contributed by atoms with van der Waals surface area (Å²) in [5, 5.41) is 11.2. The third-order valence-electron chi connectivity index (χ3n) is 1.75. The van der Waals surface area contributed by atoms with E-state index in [0.717, 1.165) is 0 Å². The summed E-state index contributed by atoms with van der Waals surface area (Å²) >= 11 is 0. The van der Waals surface area contributed by atoms with Gasteiger partial charge in [-0.25, -0.2) is 9.59 Å². The topological polar surface area (TPSA) is 84.9 Å². The highest BCUT2D eigenvalue weighted by Crippen LogP contribution is 2.08. The Morgan fingerprint density at radius 1 is 1.28 bits per heavy atom. The number of aliphatic hydroxyl groups excluding tert-OH is 1. The molecule has 0 aliphatic rings. The molecule has 0 aliphatic carbocycles. The number of aliphatic hydroxyl groups is 1. The predicted octanol–water partition coefficient (Wildman–Crippen LogP) is 1.21. The monoisotopic (exact) mass is 261 g/mol. The van der Waals surface area contributed by atoms with Crippen LogP contribution in [0.15, 0.2) is 0 Å². The highest BCUT2D eigenvalue weighted by atomic mass is 16.6. The van der Waals surface area contributed by atoms with Crippen LogP contribution >= 0.6 is 0 Å². The molecule has 0 rings (SSSR count). The van der Waals surface area contributed by atoms with Gasteiger partial charge in [-0.2, -0.15) is 0 Å². The van der Waals surface area contributed by atoms with Crippen molar-refractivity contribution in [1.82, 2.24) is 5.32 Å². The normalized spacial score (nSPS) is 13.1. The maximum absolute atomic E-state index is 11.6. The lowest BCUT2D eigenvalue weighted by Crippen LogP contribution is -2.45. The molecule has 0 fully saturated rings. The molecule has 0 unspecified atom stereocenters. The summed E-state index contributed by atoms with van der Waals surface area (Å²) < 4.78 is 10.0. The summed E-state index contributed by atoms with van der Waals surface area (Å²) in [4.78, 5) is 23.2. The van der Waals surface area contributed by atoms with Crippen molar-refractivity contribution in [1.29, 1.82) is 0 Å². The molecule has 0 aromatic rings. The van der Waals surface area contributed by atoms with E-state index >= 15 is 0 Å². The van der Waals surface area contributed by atoms with Crippen molar-refractivity contribution in [3.05, 3.63) is 0 Å². The van der Waals surface area contributed by atoms with E-state index in [2.05, 4.69) is 5.32 Å². The van der Waals surface area contributed by atoms with Crippen molar-refractivity contribution in [2.24, 2.45) is 0 Å². The number of amides is 1. The molecule has 0 radical (unpaired) electrons. The van der Waals surface area contributed by atoms with Gasteiger partial charge in [-0.15, -0.1) is 0 Å². The predicted molar refractivity (Wildman–Crippen MR) is 66.1 cm³/mol. The number of hydrogen-bond acceptors (Lipinski definition) is 5. The van der Waals surface area contributed by atoms with E-state index in [1.165, 1.54) is 0 Å². The maximum Gasteiger partial charge on any atom is 0.408 e. The van der Waals surface area contributed by atoms with E-state index in [1.54, 1.807) is 34.6 Å². The summed E-state index contributed by atoms with van der Waals surface area (Å²) in [6.07, 6.45) is -0.897. The molecular formula is C12H23NO5. The second kappa shape index (κ2) is 7.20. The zero-order valence-corrected chi connectivity index (χ0v) is 11.6. The average Bonchev–Trinajstić information content (AvgIpc) is 2.12. The second-order valence-corrected chi connectivity index (χ2v) is 5.20. The Morgan fingerprint density at radius 2 is 1.83 bits per heavy atom. The summed E-state index contributed by atoms with van der Waals surface area (Å²) in [5.41, 5.74) is -0.643. The summed E-state index contributed by atoms with van der Waals surface area (Å²) in [5.74, 6) is -0.579. The molecule has 1 amide bonds. The lowest BCUT2D eigenvalue weighted by Gasteiger charge is -2.23. The molecule has 18 heavy (non-hydrogen) atoms. The molecular weight excluding hydrogens is 238 g/mol. The Hall–Kier alpha value is -1.30. The van der Waals surface area contributed by atoms with Crippen LogP contribution in [0.3, 0.4) is 0 Å². The smallest absolute Gasteiger partial charge is 0.408 e. The number of carbonyl (C=O) groups excluding carboxylic acids is 2. The highest BCUT2D eigenvalue weighted by Gasteiger charge is 2.25. The van der Waals surface area contributed by atoms with Crippen molar-refractivity contribution < 1.29 is 24.2 Å². The first-order chi connectivity index (χ1) is 8.15. The molecule has 6 heteroatoms. The minimum atomic E-state index is -0.896. The first-order valence-corrected chi connectivity index (χ1v) is 5.96. The zero-order valence-electron chi connectivity index (χ0n) is 11.6. The molecule has 0 spiro atoms. The van der Waals surface area contributed by atoms with Crippen LogP contribution in [0.2, 0.25) is 0 Å². The van der Waals surface area contributed by atoms with Gasteiger partial charge in [0.2, 0.25) is 0 Å². The van der Waals surface area contributed by atoms with Crippen molar-refractivity contribution in [3.63, 3.8) is 0 Å². The molecule has 106 valence electrons. The van der Waals surface area contributed by atoms with Crippen LogP contribution in [0.25, 0.3) is 0 Å². The zero-order chi connectivity index (χ0) is 14.3. The number of ether oxygens (including phenoxy) is 2. The van der Waals surface area contributed by atoms with Crippen LogP contribution in [-0.4, -0.2) is 41.5 Å². The number of esters is 1. The fourth-order valence-corrected chi connectivity index (χ4v) is 1.14. The molecule has 1 atom stereocenters. The third kappa shape index (κ3) is 7.89. The lowest BCUT2D eigenvalue weighted by atomic mass is 10.2. The Labute approximate surface area is 108 Å². The van der Waals surface area contributed by atoms with Gasteiger partial charge in [0.15, 0.2) is 0 Å². The lowest BCUT2D eigenvalue weighted by molar-refractivity contribution is -0.150. The van der Waals surface area contributed by atoms with E-state index < -0.39 is 23.7 Å². The van der Waals surface area contributed by atoms with Crippen LogP contribution in [0.1, 0.15) is 41.0 Å². The van der Waals surface area contributed by atoms with E-state index in [4.69, 9.17) is 14.6 Å². The summed E-state index contributed by atoms with van der Waals surface area (Å²) in [7, 11) is 0. The van der Waals surface area contributed by atoms with E-state index in [1.807, 2.05) is 0 Å². The van der Waals surface area contributed by atoms with Crippen LogP contribution in [-0.2, 0) is 14.3 Å². The molecule has 0 bridgehead atoms. The van der Waals surface area contributed by atoms with Crippen molar-refractivity contribution in [2.45, 2.75) is 58.8 Å². The van der Waals surface area contributed by atoms with Gasteiger partial charge in [-0.05, 0) is 34.6 Å². The average molecular weight is 261 g/mol. The number of nitrogens with one attached hydrogen (secondary N) is 1. The number of carbonyl (C=O) groups is 2. The summed E-state index contributed by atoms with van der Waals surface area (Å²) in [6.45, 7) is 8.36.